The van der Waals surface area contributed by atoms with Gasteiger partial charge in [0.2, 0.25) is 5.88 Å². The Bertz CT molecular complexity index is 1300. The van der Waals surface area contributed by atoms with Crippen molar-refractivity contribution in [3.05, 3.63) is 83.9 Å². The highest BCUT2D eigenvalue weighted by molar-refractivity contribution is 6.03. The number of fused-ring (bicyclic) bond motifs is 1. The maximum Gasteiger partial charge on any atom is 0.272 e. The number of pyridine rings is 2. The van der Waals surface area contributed by atoms with E-state index in [9.17, 15) is 4.79 Å². The van der Waals surface area contributed by atoms with E-state index in [4.69, 9.17) is 9.84 Å². The van der Waals surface area contributed by atoms with Crippen LogP contribution in [0.5, 0.6) is 5.88 Å². The standard InChI is InChI=1S/C27H27N5O2/c1-18(2)20-6-4-19(5-7-20)17-34-23-9-8-22(16-29-23)24-25(21-10-12-28-13-11-21)30-32-15-14-31(3)27(33)26(24)32/h4-13,16,18H,14-15,17H2,1-3H3. The minimum atomic E-state index is -0.0424. The van der Waals surface area contributed by atoms with Gasteiger partial charge in [0.25, 0.3) is 5.91 Å². The molecule has 172 valence electrons. The molecule has 0 saturated carbocycles. The molecule has 3 aromatic heterocycles. The van der Waals surface area contributed by atoms with E-state index in [2.05, 4.69) is 48.1 Å². The molecule has 0 unspecified atom stereocenters. The molecule has 4 aromatic rings. The Morgan fingerprint density at radius 2 is 1.74 bits per heavy atom. The van der Waals surface area contributed by atoms with Crippen LogP contribution in [-0.2, 0) is 13.2 Å². The van der Waals surface area contributed by atoms with Crippen LogP contribution in [0, 0.1) is 0 Å². The van der Waals surface area contributed by atoms with Crippen molar-refractivity contribution in [2.75, 3.05) is 13.6 Å². The van der Waals surface area contributed by atoms with E-state index in [0.29, 0.717) is 37.2 Å². The Morgan fingerprint density at radius 1 is 0.971 bits per heavy atom. The zero-order valence-corrected chi connectivity index (χ0v) is 19.6. The molecule has 0 saturated heterocycles. The molecular formula is C27H27N5O2. The van der Waals surface area contributed by atoms with Crippen molar-refractivity contribution in [3.8, 4) is 28.3 Å². The van der Waals surface area contributed by atoms with Crippen LogP contribution in [-0.4, -0.2) is 44.1 Å². The van der Waals surface area contributed by atoms with Gasteiger partial charge in [0.05, 0.1) is 6.54 Å². The van der Waals surface area contributed by atoms with Crippen LogP contribution < -0.4 is 4.74 Å². The molecule has 0 spiro atoms. The minimum Gasteiger partial charge on any atom is -0.473 e. The van der Waals surface area contributed by atoms with Crippen LogP contribution in [0.1, 0.15) is 41.4 Å². The average molecular weight is 454 g/mol. The highest BCUT2D eigenvalue weighted by Crippen LogP contribution is 2.36. The van der Waals surface area contributed by atoms with Crippen molar-refractivity contribution in [1.29, 1.82) is 0 Å². The summed E-state index contributed by atoms with van der Waals surface area (Å²) < 4.78 is 7.72. The number of hydrogen-bond donors (Lipinski definition) is 0. The zero-order valence-electron chi connectivity index (χ0n) is 19.6. The molecule has 7 heteroatoms. The summed E-state index contributed by atoms with van der Waals surface area (Å²) in [6.45, 7) is 6.09. The van der Waals surface area contributed by atoms with Crippen molar-refractivity contribution in [2.24, 2.45) is 0 Å². The molecule has 0 atom stereocenters. The molecule has 1 amide bonds. The van der Waals surface area contributed by atoms with Crippen LogP contribution in [0.3, 0.4) is 0 Å². The number of hydrogen-bond acceptors (Lipinski definition) is 5. The molecule has 4 heterocycles. The summed E-state index contributed by atoms with van der Waals surface area (Å²) >= 11 is 0. The van der Waals surface area contributed by atoms with Crippen LogP contribution in [0.2, 0.25) is 0 Å². The normalized spacial score (nSPS) is 13.3. The molecule has 1 aliphatic heterocycles. The van der Waals surface area contributed by atoms with Gasteiger partial charge in [-0.3, -0.25) is 14.5 Å². The van der Waals surface area contributed by atoms with E-state index in [1.807, 2.05) is 31.3 Å². The van der Waals surface area contributed by atoms with E-state index in [1.54, 1.807) is 28.2 Å². The largest absolute Gasteiger partial charge is 0.473 e. The first kappa shape index (κ1) is 21.8. The van der Waals surface area contributed by atoms with Crippen LogP contribution >= 0.6 is 0 Å². The number of carbonyl (C=O) groups excluding carboxylic acids is 1. The number of benzene rings is 1. The van der Waals surface area contributed by atoms with Gasteiger partial charge in [0, 0.05) is 54.9 Å². The van der Waals surface area contributed by atoms with Crippen molar-refractivity contribution in [3.63, 3.8) is 0 Å². The fourth-order valence-electron chi connectivity index (χ4n) is 4.12. The van der Waals surface area contributed by atoms with Gasteiger partial charge in [-0.1, -0.05) is 38.1 Å². The highest BCUT2D eigenvalue weighted by Gasteiger charge is 2.30. The Hall–Kier alpha value is -4.00. The molecule has 1 aliphatic rings. The lowest BCUT2D eigenvalue weighted by atomic mass is 9.99. The van der Waals surface area contributed by atoms with Crippen molar-refractivity contribution < 1.29 is 9.53 Å². The summed E-state index contributed by atoms with van der Waals surface area (Å²) in [6, 6.07) is 16.0. The molecule has 5 rings (SSSR count). The van der Waals surface area contributed by atoms with Crippen LogP contribution in [0.15, 0.2) is 67.1 Å². The number of ether oxygens (including phenoxy) is 1. The predicted molar refractivity (Wildman–Crippen MR) is 131 cm³/mol. The molecule has 34 heavy (non-hydrogen) atoms. The monoisotopic (exact) mass is 453 g/mol. The molecule has 0 radical (unpaired) electrons. The molecule has 0 N–H and O–H groups in total. The minimum absolute atomic E-state index is 0.0424. The second kappa shape index (κ2) is 9.09. The lowest BCUT2D eigenvalue weighted by Gasteiger charge is -2.24. The Morgan fingerprint density at radius 3 is 2.41 bits per heavy atom. The third-order valence-corrected chi connectivity index (χ3v) is 6.16. The third-order valence-electron chi connectivity index (χ3n) is 6.16. The lowest BCUT2D eigenvalue weighted by Crippen LogP contribution is -2.37. The fraction of sp³-hybridized carbons (Fsp3) is 0.259. The van der Waals surface area contributed by atoms with Gasteiger partial charge in [-0.15, -0.1) is 0 Å². The number of nitrogens with zero attached hydrogens (tertiary/aromatic N) is 5. The van der Waals surface area contributed by atoms with E-state index < -0.39 is 0 Å². The molecule has 1 aromatic carbocycles. The first-order valence-electron chi connectivity index (χ1n) is 11.5. The molecule has 7 nitrogen and oxygen atoms in total. The quantitative estimate of drug-likeness (QED) is 0.420. The summed E-state index contributed by atoms with van der Waals surface area (Å²) in [5, 5.41) is 4.78. The van der Waals surface area contributed by atoms with E-state index in [-0.39, 0.29) is 5.91 Å². The van der Waals surface area contributed by atoms with Gasteiger partial charge < -0.3 is 9.64 Å². The number of carbonyl (C=O) groups is 1. The fourth-order valence-corrected chi connectivity index (χ4v) is 4.12. The summed E-state index contributed by atoms with van der Waals surface area (Å²) in [5.74, 6) is 0.994. The molecule has 0 fully saturated rings. The zero-order chi connectivity index (χ0) is 23.7. The summed E-state index contributed by atoms with van der Waals surface area (Å²) in [4.78, 5) is 23.4. The second-order valence-corrected chi connectivity index (χ2v) is 8.83. The predicted octanol–water partition coefficient (Wildman–Crippen LogP) is 4.80. The summed E-state index contributed by atoms with van der Waals surface area (Å²) in [5.41, 5.74) is 6.25. The number of aromatic nitrogens is 4. The first-order chi connectivity index (χ1) is 16.5. The van der Waals surface area contributed by atoms with Crippen molar-refractivity contribution in [1.82, 2.24) is 24.6 Å². The van der Waals surface area contributed by atoms with Gasteiger partial charge >= 0.3 is 0 Å². The molecular weight excluding hydrogens is 426 g/mol. The van der Waals surface area contributed by atoms with E-state index >= 15 is 0 Å². The summed E-state index contributed by atoms with van der Waals surface area (Å²) in [7, 11) is 1.82. The third kappa shape index (κ3) is 4.17. The Labute approximate surface area is 199 Å². The lowest BCUT2D eigenvalue weighted by molar-refractivity contribution is 0.0744. The Balaban J connectivity index is 1.43. The maximum atomic E-state index is 13.1. The van der Waals surface area contributed by atoms with Crippen LogP contribution in [0.25, 0.3) is 22.4 Å². The maximum absolute atomic E-state index is 13.1. The van der Waals surface area contributed by atoms with E-state index in [0.717, 1.165) is 27.9 Å². The first-order valence-corrected chi connectivity index (χ1v) is 11.5. The topological polar surface area (TPSA) is 73.1 Å². The number of amides is 1. The van der Waals surface area contributed by atoms with Crippen LogP contribution in [0.4, 0.5) is 0 Å². The average Bonchev–Trinajstić information content (AvgIpc) is 3.26. The van der Waals surface area contributed by atoms with Gasteiger partial charge in [-0.2, -0.15) is 5.10 Å². The van der Waals surface area contributed by atoms with Gasteiger partial charge in [-0.05, 0) is 35.2 Å². The highest BCUT2D eigenvalue weighted by atomic mass is 16.5. The van der Waals surface area contributed by atoms with Crippen molar-refractivity contribution >= 4 is 5.91 Å². The SMILES string of the molecule is CC(C)c1ccc(COc2ccc(-c3c(-c4ccncc4)nn4c3C(=O)N(C)CC4)cn2)cc1. The number of rotatable bonds is 6. The second-order valence-electron chi connectivity index (χ2n) is 8.83. The summed E-state index contributed by atoms with van der Waals surface area (Å²) in [6.07, 6.45) is 5.21. The Kier molecular flexibility index (Phi) is 5.84. The van der Waals surface area contributed by atoms with Gasteiger partial charge in [-0.25, -0.2) is 4.98 Å². The number of likely N-dealkylation sites (N-methyl/N-ethyl adjacent to an activating group) is 1. The van der Waals surface area contributed by atoms with Crippen molar-refractivity contribution in [2.45, 2.75) is 32.9 Å². The molecule has 0 bridgehead atoms. The van der Waals surface area contributed by atoms with E-state index in [1.165, 1.54) is 5.56 Å². The van der Waals surface area contributed by atoms with Gasteiger partial charge in [0.1, 0.15) is 18.0 Å². The molecule has 0 aliphatic carbocycles. The smallest absolute Gasteiger partial charge is 0.272 e. The van der Waals surface area contributed by atoms with Gasteiger partial charge in [0.15, 0.2) is 0 Å².